The number of amides is 1. The van der Waals surface area contributed by atoms with E-state index in [4.69, 9.17) is 5.84 Å². The number of hydrogen-bond donors (Lipinski definition) is 1. The van der Waals surface area contributed by atoms with Gasteiger partial charge in [0.2, 0.25) is 0 Å². The molecule has 2 N–H and O–H groups in total. The minimum absolute atomic E-state index is 0.565. The van der Waals surface area contributed by atoms with Crippen molar-refractivity contribution in [2.45, 2.75) is 6.42 Å². The van der Waals surface area contributed by atoms with Crippen LogP contribution in [0, 0.1) is 0 Å². The van der Waals surface area contributed by atoms with Crippen LogP contribution in [0.4, 0.5) is 10.5 Å². The Balaban J connectivity index is 2.11. The molecule has 0 bridgehead atoms. The van der Waals surface area contributed by atoms with Crippen LogP contribution in [0.25, 0.3) is 11.1 Å². The zero-order valence-corrected chi connectivity index (χ0v) is 10.6. The first kappa shape index (κ1) is 11.7. The number of benzene rings is 2. The molecule has 1 amide bonds. The van der Waals surface area contributed by atoms with Crippen molar-refractivity contribution in [2.75, 3.05) is 12.1 Å². The molecular formula is C15H14N2O2. The minimum atomic E-state index is -0.565. The normalized spacial score (nSPS) is 11.7. The molecule has 96 valence electrons. The number of carbonyl (C=O) groups is 1. The van der Waals surface area contributed by atoms with Gasteiger partial charge in [-0.25, -0.2) is 15.6 Å². The van der Waals surface area contributed by atoms with Crippen LogP contribution >= 0.6 is 0 Å². The van der Waals surface area contributed by atoms with E-state index >= 15 is 0 Å². The summed E-state index contributed by atoms with van der Waals surface area (Å²) in [6, 6.07) is 14.0. The lowest BCUT2D eigenvalue weighted by Gasteiger charge is -2.18. The van der Waals surface area contributed by atoms with Crippen molar-refractivity contribution in [2.24, 2.45) is 5.84 Å². The Kier molecular flexibility index (Phi) is 2.72. The van der Waals surface area contributed by atoms with Gasteiger partial charge >= 0.3 is 6.09 Å². The molecule has 4 nitrogen and oxygen atoms in total. The van der Waals surface area contributed by atoms with E-state index in [1.807, 2.05) is 24.3 Å². The Labute approximate surface area is 111 Å². The number of anilines is 1. The molecule has 2 aromatic carbocycles. The smallest absolute Gasteiger partial charge is 0.428 e. The van der Waals surface area contributed by atoms with E-state index < -0.39 is 6.09 Å². The SMILES string of the molecule is COC(=O)N(N)c1cccc2c1Cc1ccccc1-2. The summed E-state index contributed by atoms with van der Waals surface area (Å²) in [5.74, 6) is 5.82. The zero-order chi connectivity index (χ0) is 13.4. The summed E-state index contributed by atoms with van der Waals surface area (Å²) in [6.45, 7) is 0. The number of ether oxygens (including phenoxy) is 1. The predicted molar refractivity (Wildman–Crippen MR) is 73.8 cm³/mol. The molecule has 1 aliphatic rings. The summed E-state index contributed by atoms with van der Waals surface area (Å²) < 4.78 is 4.67. The van der Waals surface area contributed by atoms with Gasteiger partial charge in [-0.3, -0.25) is 0 Å². The van der Waals surface area contributed by atoms with Crippen molar-refractivity contribution in [1.82, 2.24) is 0 Å². The van der Waals surface area contributed by atoms with Crippen molar-refractivity contribution in [1.29, 1.82) is 0 Å². The van der Waals surface area contributed by atoms with Gasteiger partial charge in [0.25, 0.3) is 0 Å². The highest BCUT2D eigenvalue weighted by Gasteiger charge is 2.24. The zero-order valence-electron chi connectivity index (χ0n) is 10.6. The van der Waals surface area contributed by atoms with E-state index in [1.165, 1.54) is 18.2 Å². The summed E-state index contributed by atoms with van der Waals surface area (Å²) in [7, 11) is 1.32. The maximum Gasteiger partial charge on any atom is 0.428 e. The maximum atomic E-state index is 11.6. The Hall–Kier alpha value is -2.33. The number of hydrazine groups is 1. The third-order valence-corrected chi connectivity index (χ3v) is 3.46. The van der Waals surface area contributed by atoms with Crippen molar-refractivity contribution < 1.29 is 9.53 Å². The first-order valence-corrected chi connectivity index (χ1v) is 6.05. The second-order valence-corrected chi connectivity index (χ2v) is 4.48. The molecule has 0 spiro atoms. The molecule has 3 rings (SSSR count). The second kappa shape index (κ2) is 4.40. The van der Waals surface area contributed by atoms with Crippen LogP contribution in [0.5, 0.6) is 0 Å². The average Bonchev–Trinajstić information content (AvgIpc) is 2.84. The molecule has 1 aliphatic carbocycles. The first-order valence-electron chi connectivity index (χ1n) is 6.05. The third kappa shape index (κ3) is 1.77. The Morgan fingerprint density at radius 3 is 2.68 bits per heavy atom. The summed E-state index contributed by atoms with van der Waals surface area (Å²) in [4.78, 5) is 11.6. The second-order valence-electron chi connectivity index (χ2n) is 4.48. The van der Waals surface area contributed by atoms with Crippen LogP contribution in [0.1, 0.15) is 11.1 Å². The van der Waals surface area contributed by atoms with Gasteiger partial charge in [-0.1, -0.05) is 36.4 Å². The number of nitrogens with zero attached hydrogens (tertiary/aromatic N) is 1. The Bertz CT molecular complexity index is 652. The van der Waals surface area contributed by atoms with Crippen LogP contribution in [-0.2, 0) is 11.2 Å². The molecule has 4 heteroatoms. The van der Waals surface area contributed by atoms with Crippen molar-refractivity contribution in [3.05, 3.63) is 53.6 Å². The molecule has 0 aromatic heterocycles. The van der Waals surface area contributed by atoms with Gasteiger partial charge in [-0.05, 0) is 28.3 Å². The number of rotatable bonds is 1. The van der Waals surface area contributed by atoms with Crippen molar-refractivity contribution in [3.63, 3.8) is 0 Å². The maximum absolute atomic E-state index is 11.6. The van der Waals surface area contributed by atoms with Crippen molar-refractivity contribution >= 4 is 11.8 Å². The molecule has 0 saturated heterocycles. The van der Waals surface area contributed by atoms with Crippen LogP contribution in [-0.4, -0.2) is 13.2 Å². The Morgan fingerprint density at radius 1 is 1.16 bits per heavy atom. The monoisotopic (exact) mass is 254 g/mol. The minimum Gasteiger partial charge on any atom is -0.452 e. The summed E-state index contributed by atoms with van der Waals surface area (Å²) >= 11 is 0. The number of fused-ring (bicyclic) bond motifs is 3. The fourth-order valence-corrected chi connectivity index (χ4v) is 2.56. The lowest BCUT2D eigenvalue weighted by atomic mass is 10.0. The van der Waals surface area contributed by atoms with Gasteiger partial charge in [-0.2, -0.15) is 0 Å². The lowest BCUT2D eigenvalue weighted by Crippen LogP contribution is -2.37. The van der Waals surface area contributed by atoms with Crippen LogP contribution in [0.15, 0.2) is 42.5 Å². The lowest BCUT2D eigenvalue weighted by molar-refractivity contribution is 0.178. The summed E-state index contributed by atoms with van der Waals surface area (Å²) in [5.41, 5.74) is 5.35. The highest BCUT2D eigenvalue weighted by Crippen LogP contribution is 2.40. The fraction of sp³-hybridized carbons (Fsp3) is 0.133. The molecule has 0 atom stereocenters. The molecule has 0 heterocycles. The number of methoxy groups -OCH3 is 1. The third-order valence-electron chi connectivity index (χ3n) is 3.46. The predicted octanol–water partition coefficient (Wildman–Crippen LogP) is 2.70. The van der Waals surface area contributed by atoms with E-state index in [2.05, 4.69) is 22.9 Å². The number of carbonyl (C=O) groups excluding carboxylic acids is 1. The van der Waals surface area contributed by atoms with Crippen LogP contribution in [0.2, 0.25) is 0 Å². The molecule has 2 aromatic rings. The molecule has 0 saturated carbocycles. The van der Waals surface area contributed by atoms with Gasteiger partial charge in [0.1, 0.15) is 0 Å². The highest BCUT2D eigenvalue weighted by atomic mass is 16.5. The van der Waals surface area contributed by atoms with E-state index in [1.54, 1.807) is 0 Å². The Morgan fingerprint density at radius 2 is 1.89 bits per heavy atom. The van der Waals surface area contributed by atoms with Gasteiger partial charge in [-0.15, -0.1) is 0 Å². The molecule has 0 radical (unpaired) electrons. The quantitative estimate of drug-likeness (QED) is 0.412. The van der Waals surface area contributed by atoms with E-state index in [-0.39, 0.29) is 0 Å². The molecular weight excluding hydrogens is 240 g/mol. The fourth-order valence-electron chi connectivity index (χ4n) is 2.56. The molecule has 0 fully saturated rings. The largest absolute Gasteiger partial charge is 0.452 e. The summed E-state index contributed by atoms with van der Waals surface area (Å²) in [5, 5.41) is 1.06. The van der Waals surface area contributed by atoms with E-state index in [9.17, 15) is 4.79 Å². The van der Waals surface area contributed by atoms with Crippen LogP contribution < -0.4 is 10.9 Å². The number of nitrogens with two attached hydrogens (primary N) is 1. The molecule has 0 aliphatic heterocycles. The van der Waals surface area contributed by atoms with E-state index in [0.717, 1.165) is 22.6 Å². The highest BCUT2D eigenvalue weighted by molar-refractivity contribution is 5.91. The van der Waals surface area contributed by atoms with Gasteiger partial charge in [0.15, 0.2) is 0 Å². The van der Waals surface area contributed by atoms with Gasteiger partial charge < -0.3 is 4.74 Å². The van der Waals surface area contributed by atoms with E-state index in [0.29, 0.717) is 5.69 Å². The van der Waals surface area contributed by atoms with Crippen molar-refractivity contribution in [3.8, 4) is 11.1 Å². The standard InChI is InChI=1S/C15H14N2O2/c1-19-15(18)17(16)14-8-4-7-12-11-6-3-2-5-10(11)9-13(12)14/h2-8H,9,16H2,1H3. The average molecular weight is 254 g/mol. The van der Waals surface area contributed by atoms with Gasteiger partial charge in [0.05, 0.1) is 12.8 Å². The molecule has 0 unspecified atom stereocenters. The first-order chi connectivity index (χ1) is 9.22. The van der Waals surface area contributed by atoms with Crippen LogP contribution in [0.3, 0.4) is 0 Å². The van der Waals surface area contributed by atoms with Gasteiger partial charge in [0, 0.05) is 6.42 Å². The molecule has 19 heavy (non-hydrogen) atoms. The number of hydrogen-bond acceptors (Lipinski definition) is 3. The topological polar surface area (TPSA) is 55.6 Å². The summed E-state index contributed by atoms with van der Waals surface area (Å²) in [6.07, 6.45) is 0.219.